The van der Waals surface area contributed by atoms with Gasteiger partial charge in [0.25, 0.3) is 12.4 Å². The van der Waals surface area contributed by atoms with Crippen LogP contribution in [0.3, 0.4) is 0 Å². The summed E-state index contributed by atoms with van der Waals surface area (Å²) in [4.78, 5) is 51.0. The van der Waals surface area contributed by atoms with Gasteiger partial charge in [-0.25, -0.2) is 9.59 Å². The molecule has 264 valence electrons. The van der Waals surface area contributed by atoms with E-state index in [1.54, 1.807) is 26.2 Å². The van der Waals surface area contributed by atoms with Crippen molar-refractivity contribution < 1.29 is 46.3 Å². The topological polar surface area (TPSA) is 170 Å². The van der Waals surface area contributed by atoms with Crippen LogP contribution in [0.2, 0.25) is 0 Å². The Kier molecular flexibility index (Phi) is 13.5. The van der Waals surface area contributed by atoms with Gasteiger partial charge in [-0.2, -0.15) is 18.4 Å². The number of urea groups is 1. The molecule has 3 rings (SSSR count). The number of hydrogen-bond acceptors (Lipinski definition) is 8. The lowest BCUT2D eigenvalue weighted by atomic mass is 9.87. The lowest BCUT2D eigenvalue weighted by molar-refractivity contribution is -0.882. The molecule has 1 atom stereocenters. The number of likely N-dealkylation sites (N-methyl/N-ethyl adjacent to an activating group) is 2. The number of nitrogens with one attached hydrogen (secondary N) is 1. The Hall–Kier alpha value is -5.43. The fourth-order valence-electron chi connectivity index (χ4n) is 5.31. The highest BCUT2D eigenvalue weighted by Gasteiger charge is 2.44. The summed E-state index contributed by atoms with van der Waals surface area (Å²) in [6.07, 6.45) is -3.78. The van der Waals surface area contributed by atoms with Crippen molar-refractivity contribution in [1.29, 1.82) is 10.7 Å². The van der Waals surface area contributed by atoms with E-state index in [0.29, 0.717) is 47.0 Å². The second-order valence-corrected chi connectivity index (χ2v) is 11.9. The Morgan fingerprint density at radius 2 is 1.78 bits per heavy atom. The van der Waals surface area contributed by atoms with Gasteiger partial charge in [0.1, 0.15) is 6.04 Å². The van der Waals surface area contributed by atoms with Crippen LogP contribution in [0.4, 0.5) is 23.7 Å². The number of aryl methyl sites for hydroxylation is 1. The smallest absolute Gasteiger partial charge is 0.416 e. The Bertz CT molecular complexity index is 1650. The number of carbonyl (C=O) groups excluding carboxylic acids is 4. The fourth-order valence-corrected chi connectivity index (χ4v) is 5.31. The first kappa shape index (κ1) is 39.7. The van der Waals surface area contributed by atoms with E-state index in [1.165, 1.54) is 31.1 Å². The molecule has 0 aliphatic carbocycles. The van der Waals surface area contributed by atoms with E-state index < -0.39 is 35.7 Å². The van der Waals surface area contributed by atoms with E-state index in [0.717, 1.165) is 35.1 Å². The number of nitriles is 1. The van der Waals surface area contributed by atoms with Gasteiger partial charge in [0.2, 0.25) is 5.96 Å². The number of quaternary nitrogens is 1. The second-order valence-electron chi connectivity index (χ2n) is 11.9. The molecule has 49 heavy (non-hydrogen) atoms. The van der Waals surface area contributed by atoms with E-state index in [-0.39, 0.29) is 29.4 Å². The van der Waals surface area contributed by atoms with E-state index in [1.807, 2.05) is 14.1 Å². The number of carbonyl (C=O) groups is 4. The Morgan fingerprint density at radius 1 is 1.14 bits per heavy atom. The van der Waals surface area contributed by atoms with Crippen LogP contribution < -0.4 is 10.6 Å². The van der Waals surface area contributed by atoms with Crippen LogP contribution in [0, 0.1) is 16.7 Å². The zero-order valence-electron chi connectivity index (χ0n) is 28.4. The van der Waals surface area contributed by atoms with Gasteiger partial charge in [0, 0.05) is 31.9 Å². The highest BCUT2D eigenvalue weighted by atomic mass is 19.4. The molecule has 0 unspecified atom stereocenters. The van der Waals surface area contributed by atoms with Gasteiger partial charge >= 0.3 is 18.2 Å². The molecular formula is C33H41F3N7O6+. The summed E-state index contributed by atoms with van der Waals surface area (Å²) in [5, 5.41) is 18.6. The third-order valence-corrected chi connectivity index (χ3v) is 7.71. The number of allylic oxidation sites excluding steroid dienone is 1. The van der Waals surface area contributed by atoms with Gasteiger partial charge in [-0.1, -0.05) is 12.1 Å². The summed E-state index contributed by atoms with van der Waals surface area (Å²) in [7, 11) is 9.61. The molecule has 16 heteroatoms. The molecule has 3 N–H and O–H groups in total. The maximum atomic E-state index is 13.6. The number of benzene rings is 2. The van der Waals surface area contributed by atoms with Crippen molar-refractivity contribution in [3.8, 4) is 6.07 Å². The number of ether oxygens (including phenoxy) is 2. The molecule has 0 spiro atoms. The van der Waals surface area contributed by atoms with Crippen molar-refractivity contribution in [2.24, 2.45) is 5.73 Å². The van der Waals surface area contributed by atoms with Crippen molar-refractivity contribution in [3.63, 3.8) is 0 Å². The van der Waals surface area contributed by atoms with Gasteiger partial charge in [-0.05, 0) is 54.8 Å². The predicted molar refractivity (Wildman–Crippen MR) is 174 cm³/mol. The maximum Gasteiger partial charge on any atom is 0.416 e. The number of nitrogens with zero attached hydrogens (tertiary/aromatic N) is 5. The molecule has 0 radical (unpaired) electrons. The van der Waals surface area contributed by atoms with Crippen molar-refractivity contribution in [3.05, 3.63) is 76.0 Å². The maximum absolute atomic E-state index is 13.6. The standard InChI is InChI=1S/C31H36F3N7O4.C2H4O2/c1-19-26(28(43)45-6)27(40(30(37)44)29(36)39(19)23-11-7-10-22(16-23)31(32,33)34)24-13-12-20(17-35)15-21(24)9-8-14-41(4,5)18-25(42)38(2)3;1-4-2-3/h7,10-13,15-16,27,36H,8-9,14,18H2,1-6H3,(H-,37,44);2H,1H3/p+1/t27-;/m1./s1. The van der Waals surface area contributed by atoms with E-state index in [9.17, 15) is 32.8 Å². The highest BCUT2D eigenvalue weighted by molar-refractivity contribution is 6.10. The number of alkyl halides is 3. The minimum absolute atomic E-state index is 0.0429. The van der Waals surface area contributed by atoms with Gasteiger partial charge in [-0.3, -0.25) is 24.8 Å². The van der Waals surface area contributed by atoms with Crippen molar-refractivity contribution in [1.82, 2.24) is 9.80 Å². The van der Waals surface area contributed by atoms with E-state index >= 15 is 0 Å². The first-order chi connectivity index (χ1) is 22.8. The Balaban J connectivity index is 0.00000197. The van der Waals surface area contributed by atoms with Crippen molar-refractivity contribution in [2.75, 3.05) is 60.4 Å². The number of primary amides is 1. The minimum atomic E-state index is -4.69. The number of anilines is 1. The molecule has 13 nitrogen and oxygen atoms in total. The van der Waals surface area contributed by atoms with Crippen LogP contribution in [0.5, 0.6) is 0 Å². The summed E-state index contributed by atoms with van der Waals surface area (Å²) in [5.74, 6) is -1.51. The zero-order valence-corrected chi connectivity index (χ0v) is 28.4. The molecular weight excluding hydrogens is 647 g/mol. The summed E-state index contributed by atoms with van der Waals surface area (Å²) in [6.45, 7) is 2.64. The summed E-state index contributed by atoms with van der Waals surface area (Å²) >= 11 is 0. The first-order valence-electron chi connectivity index (χ1n) is 14.8. The minimum Gasteiger partial charge on any atom is -0.471 e. The third kappa shape index (κ3) is 9.80. The van der Waals surface area contributed by atoms with Crippen molar-refractivity contribution in [2.45, 2.75) is 32.0 Å². The van der Waals surface area contributed by atoms with Crippen LogP contribution in [0.1, 0.15) is 41.6 Å². The van der Waals surface area contributed by atoms with Gasteiger partial charge < -0.3 is 24.6 Å². The number of halogens is 3. The summed E-state index contributed by atoms with van der Waals surface area (Å²) < 4.78 is 50.0. The zero-order chi connectivity index (χ0) is 37.3. The monoisotopic (exact) mass is 688 g/mol. The van der Waals surface area contributed by atoms with Crippen LogP contribution >= 0.6 is 0 Å². The molecule has 2 aromatic carbocycles. The lowest BCUT2D eigenvalue weighted by Gasteiger charge is -2.43. The number of hydrogen-bond donors (Lipinski definition) is 2. The fraction of sp³-hybridized carbons (Fsp3) is 0.394. The molecule has 0 aromatic heterocycles. The molecule has 0 bridgehead atoms. The van der Waals surface area contributed by atoms with E-state index in [4.69, 9.17) is 20.7 Å². The van der Waals surface area contributed by atoms with Crippen LogP contribution in [0.25, 0.3) is 0 Å². The average molecular weight is 689 g/mol. The number of amides is 3. The Morgan fingerprint density at radius 3 is 2.29 bits per heavy atom. The summed E-state index contributed by atoms with van der Waals surface area (Å²) in [6, 6.07) is 8.48. The quantitative estimate of drug-likeness (QED) is 0.216. The molecule has 1 aliphatic heterocycles. The largest absolute Gasteiger partial charge is 0.471 e. The van der Waals surface area contributed by atoms with Crippen molar-refractivity contribution >= 4 is 36.0 Å². The van der Waals surface area contributed by atoms with E-state index in [2.05, 4.69) is 10.8 Å². The first-order valence-corrected chi connectivity index (χ1v) is 14.8. The Labute approximate surface area is 282 Å². The van der Waals surface area contributed by atoms with Gasteiger partial charge in [0.15, 0.2) is 6.54 Å². The van der Waals surface area contributed by atoms with Crippen LogP contribution in [0.15, 0.2) is 53.7 Å². The molecule has 3 amide bonds. The van der Waals surface area contributed by atoms with Crippen LogP contribution in [-0.4, -0.2) is 100 Å². The van der Waals surface area contributed by atoms with Gasteiger partial charge in [0.05, 0.1) is 57.6 Å². The highest BCUT2D eigenvalue weighted by Crippen LogP contribution is 2.42. The molecule has 0 fully saturated rings. The predicted octanol–water partition coefficient (Wildman–Crippen LogP) is 3.79. The number of rotatable bonds is 10. The molecule has 0 saturated heterocycles. The normalized spacial score (nSPS) is 14.7. The number of guanidine groups is 1. The number of nitrogens with two attached hydrogens (primary N) is 1. The van der Waals surface area contributed by atoms with Gasteiger partial charge in [-0.15, -0.1) is 0 Å². The molecule has 2 aromatic rings. The second kappa shape index (κ2) is 16.6. The summed E-state index contributed by atoms with van der Waals surface area (Å²) in [5.41, 5.74) is 5.89. The average Bonchev–Trinajstić information content (AvgIpc) is 3.03. The SMILES string of the molecule is COC(=O)C1=C(C)N(c2cccc(C(F)(F)F)c2)C(=N)N(C(N)=O)[C@@H]1c1ccc(C#N)cc1CCC[N+](C)(C)CC(=O)N(C)C.COC=O. The number of methoxy groups -OCH3 is 2. The molecule has 1 heterocycles. The van der Waals surface area contributed by atoms with Crippen LogP contribution in [-0.2, 0) is 36.5 Å². The molecule has 1 aliphatic rings. The third-order valence-electron chi connectivity index (χ3n) is 7.71. The number of esters is 1. The molecule has 0 saturated carbocycles. The lowest BCUT2D eigenvalue weighted by Crippen LogP contribution is -2.55.